The first kappa shape index (κ1) is 13.1. The van der Waals surface area contributed by atoms with Crippen LogP contribution in [0.2, 0.25) is 0 Å². The molecule has 0 aromatic heterocycles. The fourth-order valence-electron chi connectivity index (χ4n) is 2.96. The first-order valence-corrected chi connectivity index (χ1v) is 6.56. The van der Waals surface area contributed by atoms with Crippen molar-refractivity contribution in [1.29, 1.82) is 5.26 Å². The Balaban J connectivity index is 2.12. The van der Waals surface area contributed by atoms with Crippen LogP contribution in [0.1, 0.15) is 31.4 Å². The van der Waals surface area contributed by atoms with Crippen molar-refractivity contribution in [2.75, 3.05) is 13.2 Å². The monoisotopic (exact) mass is 244 g/mol. The molecular formula is C15H20N2O. The quantitative estimate of drug-likeness (QED) is 0.884. The Morgan fingerprint density at radius 2 is 2.17 bits per heavy atom. The van der Waals surface area contributed by atoms with Crippen LogP contribution in [0.4, 0.5) is 0 Å². The van der Waals surface area contributed by atoms with E-state index in [2.05, 4.69) is 30.0 Å². The molecule has 3 nitrogen and oxygen atoms in total. The minimum atomic E-state index is 0.125. The summed E-state index contributed by atoms with van der Waals surface area (Å²) in [4.78, 5) is 2.33. The Labute approximate surface area is 109 Å². The molecule has 1 aromatic rings. The second kappa shape index (κ2) is 5.99. The van der Waals surface area contributed by atoms with Crippen molar-refractivity contribution in [2.24, 2.45) is 5.92 Å². The molecule has 1 N–H and O–H groups in total. The number of aliphatic hydroxyl groups is 1. The van der Waals surface area contributed by atoms with Crippen LogP contribution in [-0.4, -0.2) is 29.2 Å². The number of benzene rings is 1. The Morgan fingerprint density at radius 3 is 2.78 bits per heavy atom. The van der Waals surface area contributed by atoms with Crippen molar-refractivity contribution in [3.05, 3.63) is 35.9 Å². The Hall–Kier alpha value is -1.37. The van der Waals surface area contributed by atoms with E-state index in [9.17, 15) is 5.11 Å². The molecule has 96 valence electrons. The largest absolute Gasteiger partial charge is 0.395 e. The molecule has 3 heteroatoms. The van der Waals surface area contributed by atoms with Crippen molar-refractivity contribution in [1.82, 2.24) is 4.90 Å². The highest BCUT2D eigenvalue weighted by atomic mass is 16.3. The zero-order valence-electron chi connectivity index (χ0n) is 10.8. The molecule has 0 spiro atoms. The predicted molar refractivity (Wildman–Crippen MR) is 70.8 cm³/mol. The van der Waals surface area contributed by atoms with E-state index in [1.165, 1.54) is 5.56 Å². The summed E-state index contributed by atoms with van der Waals surface area (Å²) in [5.41, 5.74) is 1.27. The fourth-order valence-corrected chi connectivity index (χ4v) is 2.96. The molecule has 1 fully saturated rings. The summed E-state index contributed by atoms with van der Waals surface area (Å²) in [6.45, 7) is 3.28. The first-order valence-electron chi connectivity index (χ1n) is 6.56. The third-order valence-electron chi connectivity index (χ3n) is 4.05. The second-order valence-electron chi connectivity index (χ2n) is 4.99. The lowest BCUT2D eigenvalue weighted by Gasteiger charge is -2.31. The number of nitrogens with zero attached hydrogens (tertiary/aromatic N) is 2. The van der Waals surface area contributed by atoms with Gasteiger partial charge in [0, 0.05) is 18.5 Å². The maximum absolute atomic E-state index is 9.58. The number of nitriles is 1. The van der Waals surface area contributed by atoms with Crippen LogP contribution in [0.15, 0.2) is 30.3 Å². The Bertz CT molecular complexity index is 412. The summed E-state index contributed by atoms with van der Waals surface area (Å²) in [5, 5.41) is 18.4. The third kappa shape index (κ3) is 2.55. The Morgan fingerprint density at radius 1 is 1.44 bits per heavy atom. The van der Waals surface area contributed by atoms with Crippen LogP contribution in [0, 0.1) is 17.2 Å². The van der Waals surface area contributed by atoms with Gasteiger partial charge in [0.05, 0.1) is 12.7 Å². The molecule has 0 radical (unpaired) electrons. The number of likely N-dealkylation sites (tertiary alicyclic amines) is 1. The first-order chi connectivity index (χ1) is 8.77. The van der Waals surface area contributed by atoms with Crippen molar-refractivity contribution in [2.45, 2.75) is 31.8 Å². The van der Waals surface area contributed by atoms with E-state index >= 15 is 0 Å². The van der Waals surface area contributed by atoms with Crippen LogP contribution < -0.4 is 0 Å². The molecule has 1 aliphatic heterocycles. The maximum atomic E-state index is 9.58. The molecule has 18 heavy (non-hydrogen) atoms. The zero-order valence-corrected chi connectivity index (χ0v) is 10.8. The van der Waals surface area contributed by atoms with Gasteiger partial charge in [0.25, 0.3) is 0 Å². The Kier molecular flexibility index (Phi) is 4.35. The van der Waals surface area contributed by atoms with Gasteiger partial charge >= 0.3 is 0 Å². The summed E-state index contributed by atoms with van der Waals surface area (Å²) in [7, 11) is 0. The predicted octanol–water partition coefficient (Wildman–Crippen LogP) is 2.34. The summed E-state index contributed by atoms with van der Waals surface area (Å²) in [6, 6.07) is 13.0. The van der Waals surface area contributed by atoms with E-state index in [-0.39, 0.29) is 12.6 Å². The SMILES string of the molecule is C[C@@H](c1ccccc1)N1CCC(CC#N)C1CO. The summed E-state index contributed by atoms with van der Waals surface area (Å²) in [5.74, 6) is 0.311. The summed E-state index contributed by atoms with van der Waals surface area (Å²) in [6.07, 6.45) is 1.55. The standard InChI is InChI=1S/C15H20N2O/c1-12(13-5-3-2-4-6-13)17-10-8-14(7-9-16)15(17)11-18/h2-6,12,14-15,18H,7-8,10-11H2,1H3/t12-,14?,15?/m0/s1. The van der Waals surface area contributed by atoms with E-state index in [1.807, 2.05) is 18.2 Å². The lowest BCUT2D eigenvalue weighted by Crippen LogP contribution is -2.37. The van der Waals surface area contributed by atoms with Crippen LogP contribution >= 0.6 is 0 Å². The average Bonchev–Trinajstić information content (AvgIpc) is 2.82. The molecule has 1 saturated heterocycles. The minimum Gasteiger partial charge on any atom is -0.395 e. The normalized spacial score (nSPS) is 25.8. The second-order valence-corrected chi connectivity index (χ2v) is 4.99. The molecule has 3 atom stereocenters. The smallest absolute Gasteiger partial charge is 0.0625 e. The van der Waals surface area contributed by atoms with Gasteiger partial charge in [0.1, 0.15) is 0 Å². The lowest BCUT2D eigenvalue weighted by atomic mass is 9.97. The van der Waals surface area contributed by atoms with Crippen molar-refractivity contribution in [3.8, 4) is 6.07 Å². The lowest BCUT2D eigenvalue weighted by molar-refractivity contribution is 0.106. The van der Waals surface area contributed by atoms with Crippen molar-refractivity contribution in [3.63, 3.8) is 0 Å². The zero-order chi connectivity index (χ0) is 13.0. The molecule has 0 aliphatic carbocycles. The van der Waals surface area contributed by atoms with E-state index < -0.39 is 0 Å². The van der Waals surface area contributed by atoms with Gasteiger partial charge in [-0.1, -0.05) is 30.3 Å². The van der Waals surface area contributed by atoms with Crippen molar-refractivity contribution >= 4 is 0 Å². The van der Waals surface area contributed by atoms with Crippen LogP contribution in [0.25, 0.3) is 0 Å². The van der Waals surface area contributed by atoms with Crippen molar-refractivity contribution < 1.29 is 5.11 Å². The summed E-state index contributed by atoms with van der Waals surface area (Å²) < 4.78 is 0. The highest BCUT2D eigenvalue weighted by Gasteiger charge is 2.36. The molecule has 0 amide bonds. The number of aliphatic hydroxyl groups excluding tert-OH is 1. The molecule has 2 rings (SSSR count). The molecule has 1 aliphatic rings. The minimum absolute atomic E-state index is 0.125. The summed E-state index contributed by atoms with van der Waals surface area (Å²) >= 11 is 0. The van der Waals surface area contributed by atoms with Crippen LogP contribution in [0.5, 0.6) is 0 Å². The van der Waals surface area contributed by atoms with Gasteiger partial charge < -0.3 is 5.11 Å². The van der Waals surface area contributed by atoms with E-state index in [0.29, 0.717) is 18.4 Å². The third-order valence-corrected chi connectivity index (χ3v) is 4.05. The number of rotatable bonds is 4. The molecule has 1 heterocycles. The molecule has 1 aromatic carbocycles. The maximum Gasteiger partial charge on any atom is 0.0625 e. The van der Waals surface area contributed by atoms with Crippen LogP contribution in [-0.2, 0) is 0 Å². The average molecular weight is 244 g/mol. The van der Waals surface area contributed by atoms with Gasteiger partial charge in [0.2, 0.25) is 0 Å². The van der Waals surface area contributed by atoms with E-state index in [4.69, 9.17) is 5.26 Å². The van der Waals surface area contributed by atoms with Gasteiger partial charge in [0.15, 0.2) is 0 Å². The van der Waals surface area contributed by atoms with Gasteiger partial charge in [-0.3, -0.25) is 4.90 Å². The highest BCUT2D eigenvalue weighted by Crippen LogP contribution is 2.33. The number of hydrogen-bond acceptors (Lipinski definition) is 3. The van der Waals surface area contributed by atoms with E-state index in [1.54, 1.807) is 0 Å². The molecule has 2 unspecified atom stereocenters. The van der Waals surface area contributed by atoms with Gasteiger partial charge in [-0.25, -0.2) is 0 Å². The highest BCUT2D eigenvalue weighted by molar-refractivity contribution is 5.19. The molecular weight excluding hydrogens is 224 g/mol. The van der Waals surface area contributed by atoms with Crippen LogP contribution in [0.3, 0.4) is 0 Å². The van der Waals surface area contributed by atoms with Gasteiger partial charge in [-0.15, -0.1) is 0 Å². The molecule has 0 saturated carbocycles. The van der Waals surface area contributed by atoms with Gasteiger partial charge in [-0.05, 0) is 31.4 Å². The number of hydrogen-bond donors (Lipinski definition) is 1. The fraction of sp³-hybridized carbons (Fsp3) is 0.533. The molecule has 0 bridgehead atoms. The topological polar surface area (TPSA) is 47.3 Å². The van der Waals surface area contributed by atoms with Gasteiger partial charge in [-0.2, -0.15) is 5.26 Å². The van der Waals surface area contributed by atoms with E-state index in [0.717, 1.165) is 13.0 Å².